The third-order valence-electron chi connectivity index (χ3n) is 3.38. The second kappa shape index (κ2) is 6.03. The number of carbonyl (C=O) groups is 2. The number of amides is 2. The van der Waals surface area contributed by atoms with E-state index in [0.29, 0.717) is 41.6 Å². The molecule has 1 saturated carbocycles. The molecule has 0 aliphatic heterocycles. The zero-order chi connectivity index (χ0) is 15.6. The number of anilines is 1. The van der Waals surface area contributed by atoms with Gasteiger partial charge in [0, 0.05) is 12.2 Å². The Hall–Kier alpha value is -1.59. The maximum Gasteiger partial charge on any atom is 0.252 e. The molecule has 0 aromatic heterocycles. The fraction of sp³-hybridized carbons (Fsp3) is 0.467. The second-order valence-electron chi connectivity index (χ2n) is 5.91. The van der Waals surface area contributed by atoms with E-state index in [1.165, 1.54) is 0 Å². The summed E-state index contributed by atoms with van der Waals surface area (Å²) in [6.07, 6.45) is 1.39. The lowest BCUT2D eigenvalue weighted by Gasteiger charge is -2.12. The summed E-state index contributed by atoms with van der Waals surface area (Å²) in [5.41, 5.74) is 6.01. The predicted octanol–water partition coefficient (Wildman–Crippen LogP) is 2.16. The summed E-state index contributed by atoms with van der Waals surface area (Å²) in [5, 5.41) is 5.83. The van der Waals surface area contributed by atoms with Crippen molar-refractivity contribution in [1.29, 1.82) is 0 Å². The molecule has 0 heterocycles. The van der Waals surface area contributed by atoms with Gasteiger partial charge in [-0.3, -0.25) is 9.59 Å². The average Bonchev–Trinajstić information content (AvgIpc) is 3.15. The number of nitrogens with one attached hydrogen (secondary N) is 2. The zero-order valence-corrected chi connectivity index (χ0v) is 13.0. The van der Waals surface area contributed by atoms with Crippen LogP contribution >= 0.6 is 11.6 Å². The van der Waals surface area contributed by atoms with E-state index < -0.39 is 5.54 Å². The van der Waals surface area contributed by atoms with Crippen LogP contribution in [0, 0.1) is 5.92 Å². The van der Waals surface area contributed by atoms with E-state index in [4.69, 9.17) is 17.3 Å². The molecule has 0 spiro atoms. The van der Waals surface area contributed by atoms with Crippen molar-refractivity contribution in [1.82, 2.24) is 5.32 Å². The minimum absolute atomic E-state index is 0.212. The van der Waals surface area contributed by atoms with Crippen molar-refractivity contribution in [3.05, 3.63) is 28.8 Å². The summed E-state index contributed by atoms with van der Waals surface area (Å²) in [5.74, 6) is -0.0646. The first-order valence-corrected chi connectivity index (χ1v) is 7.38. The molecule has 4 N–H and O–H groups in total. The average molecular weight is 310 g/mol. The normalized spacial score (nSPS) is 15.7. The molecule has 0 unspecified atom stereocenters. The molecule has 0 saturated heterocycles. The molecule has 21 heavy (non-hydrogen) atoms. The molecule has 0 bridgehead atoms. The summed E-state index contributed by atoms with van der Waals surface area (Å²) >= 11 is 6.11. The van der Waals surface area contributed by atoms with Gasteiger partial charge in [0.15, 0.2) is 0 Å². The highest BCUT2D eigenvalue weighted by atomic mass is 35.5. The first kappa shape index (κ1) is 15.8. The third kappa shape index (κ3) is 3.95. The van der Waals surface area contributed by atoms with Gasteiger partial charge in [-0.2, -0.15) is 0 Å². The van der Waals surface area contributed by atoms with Crippen molar-refractivity contribution in [3.63, 3.8) is 0 Å². The molecule has 2 amide bonds. The Kier molecular flexibility index (Phi) is 4.54. The molecule has 0 radical (unpaired) electrons. The minimum Gasteiger partial charge on any atom is -0.352 e. The lowest BCUT2D eigenvalue weighted by atomic mass is 10.1. The Balaban J connectivity index is 2.03. The van der Waals surface area contributed by atoms with Crippen molar-refractivity contribution in [2.45, 2.75) is 32.2 Å². The summed E-state index contributed by atoms with van der Waals surface area (Å²) in [4.78, 5) is 23.8. The van der Waals surface area contributed by atoms with Gasteiger partial charge in [-0.15, -0.1) is 0 Å². The summed E-state index contributed by atoms with van der Waals surface area (Å²) < 4.78 is 0. The highest BCUT2D eigenvalue weighted by Gasteiger charge is 2.45. The second-order valence-corrected chi connectivity index (χ2v) is 6.32. The quantitative estimate of drug-likeness (QED) is 0.779. The number of halogens is 1. The van der Waals surface area contributed by atoms with Gasteiger partial charge in [0.1, 0.15) is 0 Å². The van der Waals surface area contributed by atoms with Crippen LogP contribution in [0.25, 0.3) is 0 Å². The molecular formula is C15H20ClN3O2. The van der Waals surface area contributed by atoms with Crippen LogP contribution in [0.5, 0.6) is 0 Å². The SMILES string of the molecule is CC(C)CNC(=O)c1ccc(NC(=O)C2(N)CC2)cc1Cl. The molecule has 5 nitrogen and oxygen atoms in total. The highest BCUT2D eigenvalue weighted by molar-refractivity contribution is 6.34. The van der Waals surface area contributed by atoms with Crippen LogP contribution in [0.1, 0.15) is 37.0 Å². The number of hydrogen-bond acceptors (Lipinski definition) is 3. The lowest BCUT2D eigenvalue weighted by Crippen LogP contribution is -2.37. The molecule has 1 aromatic rings. The molecule has 114 valence electrons. The van der Waals surface area contributed by atoms with Crippen LogP contribution in [0.3, 0.4) is 0 Å². The van der Waals surface area contributed by atoms with Crippen LogP contribution in [0.2, 0.25) is 5.02 Å². The van der Waals surface area contributed by atoms with Crippen LogP contribution in [0.4, 0.5) is 5.69 Å². The molecular weight excluding hydrogens is 290 g/mol. The van der Waals surface area contributed by atoms with E-state index in [2.05, 4.69) is 10.6 Å². The maximum atomic E-state index is 12.0. The van der Waals surface area contributed by atoms with Crippen LogP contribution < -0.4 is 16.4 Å². The van der Waals surface area contributed by atoms with E-state index >= 15 is 0 Å². The molecule has 2 rings (SSSR count). The van der Waals surface area contributed by atoms with Crippen LogP contribution in [0.15, 0.2) is 18.2 Å². The molecule has 1 fully saturated rings. The largest absolute Gasteiger partial charge is 0.352 e. The van der Waals surface area contributed by atoms with Gasteiger partial charge in [0.2, 0.25) is 5.91 Å². The van der Waals surface area contributed by atoms with Gasteiger partial charge in [-0.05, 0) is 37.0 Å². The maximum absolute atomic E-state index is 12.0. The topological polar surface area (TPSA) is 84.2 Å². The third-order valence-corrected chi connectivity index (χ3v) is 3.70. The van der Waals surface area contributed by atoms with Crippen LogP contribution in [-0.2, 0) is 4.79 Å². The monoisotopic (exact) mass is 309 g/mol. The van der Waals surface area contributed by atoms with Gasteiger partial charge in [-0.25, -0.2) is 0 Å². The fourth-order valence-electron chi connectivity index (χ4n) is 1.79. The molecule has 1 aliphatic carbocycles. The summed E-state index contributed by atoms with van der Waals surface area (Å²) in [7, 11) is 0. The van der Waals surface area contributed by atoms with Gasteiger partial charge in [0.05, 0.1) is 16.1 Å². The van der Waals surface area contributed by atoms with E-state index in [1.54, 1.807) is 18.2 Å². The van der Waals surface area contributed by atoms with Crippen LogP contribution in [-0.4, -0.2) is 23.9 Å². The smallest absolute Gasteiger partial charge is 0.252 e. The predicted molar refractivity (Wildman–Crippen MR) is 83.4 cm³/mol. The minimum atomic E-state index is -0.736. The van der Waals surface area contributed by atoms with E-state index in [9.17, 15) is 9.59 Å². The fourth-order valence-corrected chi connectivity index (χ4v) is 2.05. The number of rotatable bonds is 5. The molecule has 0 atom stereocenters. The Labute approximate surface area is 129 Å². The van der Waals surface area contributed by atoms with Gasteiger partial charge >= 0.3 is 0 Å². The number of nitrogens with two attached hydrogens (primary N) is 1. The van der Waals surface area contributed by atoms with Crippen molar-refractivity contribution < 1.29 is 9.59 Å². The Morgan fingerprint density at radius 1 is 1.38 bits per heavy atom. The van der Waals surface area contributed by atoms with E-state index in [-0.39, 0.29) is 11.8 Å². The Morgan fingerprint density at radius 2 is 2.05 bits per heavy atom. The number of hydrogen-bond donors (Lipinski definition) is 3. The van der Waals surface area contributed by atoms with Crippen molar-refractivity contribution in [3.8, 4) is 0 Å². The van der Waals surface area contributed by atoms with Crippen molar-refractivity contribution >= 4 is 29.1 Å². The highest BCUT2D eigenvalue weighted by Crippen LogP contribution is 2.33. The van der Waals surface area contributed by atoms with Gasteiger partial charge in [0.25, 0.3) is 5.91 Å². The Morgan fingerprint density at radius 3 is 2.57 bits per heavy atom. The number of carbonyl (C=O) groups excluding carboxylic acids is 2. The van der Waals surface area contributed by atoms with E-state index in [1.807, 2.05) is 13.8 Å². The standard InChI is InChI=1S/C15H20ClN3O2/c1-9(2)8-18-13(20)11-4-3-10(7-12(11)16)19-14(21)15(17)5-6-15/h3-4,7,9H,5-6,8,17H2,1-2H3,(H,18,20)(H,19,21). The first-order valence-electron chi connectivity index (χ1n) is 7.00. The van der Waals surface area contributed by atoms with Gasteiger partial charge < -0.3 is 16.4 Å². The molecule has 1 aromatic carbocycles. The zero-order valence-electron chi connectivity index (χ0n) is 12.2. The summed E-state index contributed by atoms with van der Waals surface area (Å²) in [6.45, 7) is 4.62. The first-order chi connectivity index (χ1) is 9.82. The van der Waals surface area contributed by atoms with Crippen molar-refractivity contribution in [2.24, 2.45) is 11.7 Å². The van der Waals surface area contributed by atoms with E-state index in [0.717, 1.165) is 0 Å². The number of benzene rings is 1. The Bertz CT molecular complexity index is 568. The molecule has 1 aliphatic rings. The lowest BCUT2D eigenvalue weighted by molar-refractivity contribution is -0.118. The molecule has 6 heteroatoms. The van der Waals surface area contributed by atoms with Crippen molar-refractivity contribution in [2.75, 3.05) is 11.9 Å². The summed E-state index contributed by atoms with van der Waals surface area (Å²) in [6, 6.07) is 4.82. The van der Waals surface area contributed by atoms with Gasteiger partial charge in [-0.1, -0.05) is 25.4 Å².